The van der Waals surface area contributed by atoms with Crippen LogP contribution in [0.3, 0.4) is 0 Å². The SMILES string of the molecule is Cc1cc(-c2ccccc2)n(C(N)=NS(=O)(=O)c2cc(C)c(Cl)cc2SCc2cccc(C(F)(F)F)c2)n1. The van der Waals surface area contributed by atoms with Gasteiger partial charge in [0.2, 0.25) is 5.96 Å². The first kappa shape index (κ1) is 27.7. The molecule has 6 nitrogen and oxygen atoms in total. The summed E-state index contributed by atoms with van der Waals surface area (Å²) < 4.78 is 71.3. The Bertz CT molecular complexity index is 1620. The van der Waals surface area contributed by atoms with E-state index in [1.165, 1.54) is 28.9 Å². The third kappa shape index (κ3) is 6.23. The summed E-state index contributed by atoms with van der Waals surface area (Å²) in [5, 5.41) is 4.61. The Balaban J connectivity index is 1.70. The Labute approximate surface area is 227 Å². The fourth-order valence-corrected chi connectivity index (χ4v) is 6.34. The first-order valence-corrected chi connectivity index (χ1v) is 14.0. The van der Waals surface area contributed by atoms with E-state index >= 15 is 0 Å². The van der Waals surface area contributed by atoms with E-state index in [2.05, 4.69) is 9.50 Å². The maximum Gasteiger partial charge on any atom is 0.416 e. The number of sulfonamides is 1. The summed E-state index contributed by atoms with van der Waals surface area (Å²) in [6.45, 7) is 3.38. The van der Waals surface area contributed by atoms with E-state index in [1.807, 2.05) is 30.3 Å². The van der Waals surface area contributed by atoms with Crippen molar-refractivity contribution in [3.05, 3.63) is 100 Å². The summed E-state index contributed by atoms with van der Waals surface area (Å²) in [6, 6.07) is 18.6. The Hall–Kier alpha value is -3.28. The highest BCUT2D eigenvalue weighted by Gasteiger charge is 2.30. The van der Waals surface area contributed by atoms with Crippen LogP contribution >= 0.6 is 23.4 Å². The van der Waals surface area contributed by atoms with E-state index in [9.17, 15) is 21.6 Å². The Morgan fingerprint density at radius 2 is 1.76 bits per heavy atom. The highest BCUT2D eigenvalue weighted by atomic mass is 35.5. The van der Waals surface area contributed by atoms with Gasteiger partial charge in [0.05, 0.1) is 17.0 Å². The number of hydrogen-bond donors (Lipinski definition) is 1. The normalized spacial score (nSPS) is 12.6. The van der Waals surface area contributed by atoms with Gasteiger partial charge in [0.25, 0.3) is 10.0 Å². The van der Waals surface area contributed by atoms with E-state index < -0.39 is 21.8 Å². The lowest BCUT2D eigenvalue weighted by molar-refractivity contribution is -0.137. The van der Waals surface area contributed by atoms with Gasteiger partial charge in [0, 0.05) is 21.2 Å². The van der Waals surface area contributed by atoms with E-state index in [1.54, 1.807) is 19.9 Å². The summed E-state index contributed by atoms with van der Waals surface area (Å²) in [4.78, 5) is 0.0685. The van der Waals surface area contributed by atoms with Crippen LogP contribution in [0.1, 0.15) is 22.4 Å². The predicted molar refractivity (Wildman–Crippen MR) is 144 cm³/mol. The maximum atomic E-state index is 13.4. The van der Waals surface area contributed by atoms with Crippen LogP contribution in [0.4, 0.5) is 13.2 Å². The van der Waals surface area contributed by atoms with Crippen LogP contribution in [0.5, 0.6) is 0 Å². The second-order valence-corrected chi connectivity index (χ2v) is 11.4. The summed E-state index contributed by atoms with van der Waals surface area (Å²) in [6.07, 6.45) is -4.49. The highest BCUT2D eigenvalue weighted by molar-refractivity contribution is 7.99. The van der Waals surface area contributed by atoms with Crippen molar-refractivity contribution >= 4 is 39.3 Å². The van der Waals surface area contributed by atoms with Gasteiger partial charge in [-0.3, -0.25) is 0 Å². The molecule has 12 heteroatoms. The molecule has 38 heavy (non-hydrogen) atoms. The van der Waals surface area contributed by atoms with E-state index in [4.69, 9.17) is 17.3 Å². The molecule has 0 atom stereocenters. The molecule has 198 valence electrons. The van der Waals surface area contributed by atoms with Crippen molar-refractivity contribution in [2.75, 3.05) is 0 Å². The Morgan fingerprint density at radius 1 is 1.05 bits per heavy atom. The molecule has 4 rings (SSSR count). The van der Waals surface area contributed by atoms with Crippen LogP contribution in [-0.4, -0.2) is 24.2 Å². The molecule has 0 unspecified atom stereocenters. The minimum absolute atomic E-state index is 0.0710. The van der Waals surface area contributed by atoms with Gasteiger partial charge in [-0.1, -0.05) is 60.1 Å². The molecule has 4 aromatic rings. The van der Waals surface area contributed by atoms with Crippen molar-refractivity contribution in [1.29, 1.82) is 0 Å². The first-order chi connectivity index (χ1) is 17.8. The number of halogens is 4. The monoisotopic (exact) mass is 578 g/mol. The summed E-state index contributed by atoms with van der Waals surface area (Å²) in [5.41, 5.74) is 8.15. The fraction of sp³-hybridized carbons (Fsp3) is 0.154. The minimum Gasteiger partial charge on any atom is -0.367 e. The van der Waals surface area contributed by atoms with Gasteiger partial charge in [-0.2, -0.15) is 31.4 Å². The number of aryl methyl sites for hydroxylation is 2. The van der Waals surface area contributed by atoms with Crippen LogP contribution in [0.25, 0.3) is 11.3 Å². The van der Waals surface area contributed by atoms with Gasteiger partial charge in [-0.15, -0.1) is 16.2 Å². The maximum absolute atomic E-state index is 13.4. The first-order valence-electron chi connectivity index (χ1n) is 11.2. The third-order valence-electron chi connectivity index (χ3n) is 5.48. The molecule has 0 saturated heterocycles. The molecule has 1 aromatic heterocycles. The number of thioether (sulfide) groups is 1. The standard InChI is InChI=1S/C26H22ClF3N4O2S2/c1-16-11-24(23(14-21(16)27)37-15-18-7-6-10-20(13-18)26(28,29)30)38(35,36)33-25(31)34-22(12-17(2)32-34)19-8-4-3-5-9-19/h3-14H,15H2,1-2H3,(H2,31,33). The Morgan fingerprint density at radius 3 is 2.45 bits per heavy atom. The van der Waals surface area contributed by atoms with Crippen molar-refractivity contribution < 1.29 is 21.6 Å². The topological polar surface area (TPSA) is 90.3 Å². The number of benzene rings is 3. The molecule has 0 amide bonds. The number of nitrogens with zero attached hydrogens (tertiary/aromatic N) is 3. The van der Waals surface area contributed by atoms with Gasteiger partial charge < -0.3 is 5.73 Å². The number of alkyl halides is 3. The third-order valence-corrected chi connectivity index (χ3v) is 8.47. The second-order valence-electron chi connectivity index (χ2n) is 8.41. The minimum atomic E-state index is -4.49. The molecule has 0 spiro atoms. The zero-order chi connectivity index (χ0) is 27.7. The van der Waals surface area contributed by atoms with Gasteiger partial charge in [-0.25, -0.2) is 0 Å². The molecule has 0 fully saturated rings. The molecule has 0 radical (unpaired) electrons. The summed E-state index contributed by atoms with van der Waals surface area (Å²) in [5.74, 6) is -0.292. The summed E-state index contributed by atoms with van der Waals surface area (Å²) >= 11 is 7.30. The van der Waals surface area contributed by atoms with Crippen LogP contribution < -0.4 is 5.73 Å². The molecule has 0 aliphatic heterocycles. The smallest absolute Gasteiger partial charge is 0.367 e. The van der Waals surface area contributed by atoms with E-state index in [0.717, 1.165) is 29.5 Å². The zero-order valence-electron chi connectivity index (χ0n) is 20.2. The average Bonchev–Trinajstić information content (AvgIpc) is 3.26. The number of nitrogens with two attached hydrogens (primary N) is 1. The highest BCUT2D eigenvalue weighted by Crippen LogP contribution is 2.36. The largest absolute Gasteiger partial charge is 0.416 e. The lowest BCUT2D eigenvalue weighted by atomic mass is 10.1. The molecular weight excluding hydrogens is 557 g/mol. The van der Waals surface area contributed by atoms with Gasteiger partial charge in [0.1, 0.15) is 4.90 Å². The average molecular weight is 579 g/mol. The number of hydrogen-bond acceptors (Lipinski definition) is 4. The number of rotatable bonds is 6. The lowest BCUT2D eigenvalue weighted by Gasteiger charge is -2.12. The Kier molecular flexibility index (Phi) is 7.91. The quantitative estimate of drug-likeness (QED) is 0.156. The molecule has 2 N–H and O–H groups in total. The predicted octanol–water partition coefficient (Wildman–Crippen LogP) is 6.68. The van der Waals surface area contributed by atoms with Crippen LogP contribution in [0, 0.1) is 13.8 Å². The molecule has 3 aromatic carbocycles. The van der Waals surface area contributed by atoms with E-state index in [-0.39, 0.29) is 21.5 Å². The molecule has 0 aliphatic carbocycles. The van der Waals surface area contributed by atoms with Gasteiger partial charge in [-0.05, 0) is 49.2 Å². The van der Waals surface area contributed by atoms with Gasteiger partial charge in [0.15, 0.2) is 0 Å². The van der Waals surface area contributed by atoms with Crippen molar-refractivity contribution in [1.82, 2.24) is 9.78 Å². The van der Waals surface area contributed by atoms with Crippen LogP contribution in [0.2, 0.25) is 5.02 Å². The van der Waals surface area contributed by atoms with Crippen molar-refractivity contribution in [2.45, 2.75) is 35.6 Å². The molecule has 0 aliphatic rings. The molecule has 1 heterocycles. The van der Waals surface area contributed by atoms with Gasteiger partial charge >= 0.3 is 6.18 Å². The fourth-order valence-electron chi connectivity index (χ4n) is 3.65. The number of aromatic nitrogens is 2. The molecular formula is C26H22ClF3N4O2S2. The van der Waals surface area contributed by atoms with Crippen molar-refractivity contribution in [3.63, 3.8) is 0 Å². The van der Waals surface area contributed by atoms with Crippen LogP contribution in [0.15, 0.2) is 87.0 Å². The zero-order valence-corrected chi connectivity index (χ0v) is 22.6. The van der Waals surface area contributed by atoms with E-state index in [0.29, 0.717) is 27.5 Å². The lowest BCUT2D eigenvalue weighted by Crippen LogP contribution is -2.26. The van der Waals surface area contributed by atoms with Crippen LogP contribution in [-0.2, 0) is 22.0 Å². The van der Waals surface area contributed by atoms with Crippen molar-refractivity contribution in [2.24, 2.45) is 10.1 Å². The molecule has 0 saturated carbocycles. The second kappa shape index (κ2) is 10.8. The molecule has 0 bridgehead atoms. The summed E-state index contributed by atoms with van der Waals surface area (Å²) in [7, 11) is -4.36. The van der Waals surface area contributed by atoms with Crippen molar-refractivity contribution in [3.8, 4) is 11.3 Å².